The number of likely N-dealkylation sites (N-methyl/N-ethyl adjacent to an activating group) is 1. The lowest BCUT2D eigenvalue weighted by Gasteiger charge is -2.20. The van der Waals surface area contributed by atoms with E-state index in [1.54, 1.807) is 0 Å². The molecule has 0 radical (unpaired) electrons. The van der Waals surface area contributed by atoms with Gasteiger partial charge in [-0.3, -0.25) is 4.79 Å². The van der Waals surface area contributed by atoms with Crippen molar-refractivity contribution in [2.75, 3.05) is 13.6 Å². The van der Waals surface area contributed by atoms with Gasteiger partial charge in [0.2, 0.25) is 0 Å². The number of carbonyl (C=O) groups excluding carboxylic acids is 1. The van der Waals surface area contributed by atoms with E-state index >= 15 is 0 Å². The van der Waals surface area contributed by atoms with Gasteiger partial charge >= 0.3 is 5.97 Å². The van der Waals surface area contributed by atoms with Crippen molar-refractivity contribution in [3.8, 4) is 5.75 Å². The van der Waals surface area contributed by atoms with Crippen molar-refractivity contribution in [2.24, 2.45) is 0 Å². The predicted molar refractivity (Wildman–Crippen MR) is 81.1 cm³/mol. The molecular weight excluding hydrogens is 252 g/mol. The second-order valence-corrected chi connectivity index (χ2v) is 5.41. The Morgan fingerprint density at radius 2 is 2.15 bits per heavy atom. The topological polar surface area (TPSA) is 45.3 Å². The Morgan fingerprint density at radius 3 is 2.80 bits per heavy atom. The zero-order chi connectivity index (χ0) is 14.7. The fourth-order valence-electron chi connectivity index (χ4n) is 2.19. The first-order valence-electron chi connectivity index (χ1n) is 6.96. The van der Waals surface area contributed by atoms with Crippen LogP contribution in [0.3, 0.4) is 0 Å². The van der Waals surface area contributed by atoms with Crippen molar-refractivity contribution >= 4 is 16.9 Å². The number of aromatic amines is 1. The highest BCUT2D eigenvalue weighted by atomic mass is 16.5. The lowest BCUT2D eigenvalue weighted by atomic mass is 10.1. The molecule has 1 aromatic heterocycles. The minimum Gasteiger partial charge on any atom is -0.424 e. The van der Waals surface area contributed by atoms with Crippen molar-refractivity contribution in [1.82, 2.24) is 9.88 Å². The number of para-hydroxylation sites is 1. The molecule has 2 rings (SSSR count). The molecule has 1 aromatic carbocycles. The predicted octanol–water partition coefficient (Wildman–Crippen LogP) is 2.98. The molecule has 4 heteroatoms. The molecule has 0 unspecified atom stereocenters. The van der Waals surface area contributed by atoms with Crippen LogP contribution in [0.5, 0.6) is 5.75 Å². The highest BCUT2D eigenvalue weighted by Gasteiger charge is 2.11. The number of H-pyrrole nitrogens is 1. The average Bonchev–Trinajstić information content (AvgIpc) is 2.79. The van der Waals surface area contributed by atoms with E-state index in [1.165, 1.54) is 12.5 Å². The van der Waals surface area contributed by atoms with E-state index in [1.807, 2.05) is 18.3 Å². The number of esters is 1. The average molecular weight is 274 g/mol. The molecule has 0 aliphatic rings. The molecular formula is C16H22N2O2. The van der Waals surface area contributed by atoms with Crippen molar-refractivity contribution in [1.29, 1.82) is 0 Å². The normalized spacial score (nSPS) is 11.5. The molecule has 0 saturated heterocycles. The summed E-state index contributed by atoms with van der Waals surface area (Å²) in [6, 6.07) is 6.33. The number of benzene rings is 1. The summed E-state index contributed by atoms with van der Waals surface area (Å²) in [5.74, 6) is 0.298. The molecule has 0 fully saturated rings. The van der Waals surface area contributed by atoms with Crippen LogP contribution in [0.15, 0.2) is 24.4 Å². The number of nitrogens with one attached hydrogen (secondary N) is 1. The van der Waals surface area contributed by atoms with Crippen LogP contribution in [-0.4, -0.2) is 35.5 Å². The molecule has 1 heterocycles. The summed E-state index contributed by atoms with van der Waals surface area (Å²) in [6.07, 6.45) is 2.98. The summed E-state index contributed by atoms with van der Waals surface area (Å²) in [6.45, 7) is 6.80. The maximum atomic E-state index is 11.1. The van der Waals surface area contributed by atoms with Gasteiger partial charge in [-0.05, 0) is 38.9 Å². The van der Waals surface area contributed by atoms with Crippen LogP contribution in [0.25, 0.3) is 10.9 Å². The third-order valence-corrected chi connectivity index (χ3v) is 3.63. The smallest absolute Gasteiger partial charge is 0.308 e. The van der Waals surface area contributed by atoms with Crippen LogP contribution in [0.4, 0.5) is 0 Å². The Morgan fingerprint density at radius 1 is 1.40 bits per heavy atom. The first-order valence-corrected chi connectivity index (χ1v) is 6.96. The highest BCUT2D eigenvalue weighted by Crippen LogP contribution is 2.27. The summed E-state index contributed by atoms with van der Waals surface area (Å²) in [5, 5.41) is 1.13. The third kappa shape index (κ3) is 3.20. The number of ether oxygens (including phenoxy) is 1. The number of hydrogen-bond acceptors (Lipinski definition) is 3. The Labute approximate surface area is 119 Å². The lowest BCUT2D eigenvalue weighted by Crippen LogP contribution is -2.28. The van der Waals surface area contributed by atoms with Gasteiger partial charge in [0.05, 0.1) is 5.52 Å². The Kier molecular flexibility index (Phi) is 4.45. The van der Waals surface area contributed by atoms with Crippen LogP contribution in [0, 0.1) is 0 Å². The summed E-state index contributed by atoms with van der Waals surface area (Å²) < 4.78 is 5.22. The first kappa shape index (κ1) is 14.6. The molecule has 0 saturated carbocycles. The Hall–Kier alpha value is -1.81. The van der Waals surface area contributed by atoms with E-state index in [0.717, 1.165) is 23.9 Å². The molecule has 0 bridgehead atoms. The van der Waals surface area contributed by atoms with Crippen LogP contribution < -0.4 is 4.74 Å². The summed E-state index contributed by atoms with van der Waals surface area (Å²) in [5.41, 5.74) is 2.14. The monoisotopic (exact) mass is 274 g/mol. The van der Waals surface area contributed by atoms with E-state index in [-0.39, 0.29) is 5.97 Å². The van der Waals surface area contributed by atoms with E-state index in [9.17, 15) is 4.79 Å². The van der Waals surface area contributed by atoms with Gasteiger partial charge in [-0.1, -0.05) is 12.1 Å². The lowest BCUT2D eigenvalue weighted by molar-refractivity contribution is -0.131. The number of carbonyl (C=O) groups is 1. The maximum absolute atomic E-state index is 11.1. The molecule has 4 nitrogen and oxygen atoms in total. The molecule has 1 N–H and O–H groups in total. The fraction of sp³-hybridized carbons (Fsp3) is 0.438. The van der Waals surface area contributed by atoms with Gasteiger partial charge in [0.25, 0.3) is 0 Å². The SMILES string of the molecule is CC(=O)Oc1cccc2c(CCN(C)C(C)C)c[nH]c12. The second kappa shape index (κ2) is 6.09. The molecule has 2 aromatic rings. The number of fused-ring (bicyclic) bond motifs is 1. The van der Waals surface area contributed by atoms with Crippen molar-refractivity contribution < 1.29 is 9.53 Å². The molecule has 0 spiro atoms. The molecule has 0 amide bonds. The van der Waals surface area contributed by atoms with Gasteiger partial charge in [-0.2, -0.15) is 0 Å². The van der Waals surface area contributed by atoms with Gasteiger partial charge in [-0.15, -0.1) is 0 Å². The van der Waals surface area contributed by atoms with Crippen LogP contribution >= 0.6 is 0 Å². The summed E-state index contributed by atoms with van der Waals surface area (Å²) in [7, 11) is 2.13. The minimum atomic E-state index is -0.298. The van der Waals surface area contributed by atoms with E-state index in [0.29, 0.717) is 11.8 Å². The third-order valence-electron chi connectivity index (χ3n) is 3.63. The summed E-state index contributed by atoms with van der Waals surface area (Å²) >= 11 is 0. The summed E-state index contributed by atoms with van der Waals surface area (Å²) in [4.78, 5) is 16.6. The second-order valence-electron chi connectivity index (χ2n) is 5.41. The number of nitrogens with zero attached hydrogens (tertiary/aromatic N) is 1. The zero-order valence-corrected chi connectivity index (χ0v) is 12.6. The molecule has 0 atom stereocenters. The molecule has 108 valence electrons. The van der Waals surface area contributed by atoms with Crippen molar-refractivity contribution in [3.05, 3.63) is 30.0 Å². The van der Waals surface area contributed by atoms with Crippen molar-refractivity contribution in [2.45, 2.75) is 33.2 Å². The fourth-order valence-corrected chi connectivity index (χ4v) is 2.19. The van der Waals surface area contributed by atoms with Gasteiger partial charge in [0.15, 0.2) is 5.75 Å². The van der Waals surface area contributed by atoms with Crippen LogP contribution in [0.1, 0.15) is 26.3 Å². The van der Waals surface area contributed by atoms with Crippen LogP contribution in [0.2, 0.25) is 0 Å². The largest absolute Gasteiger partial charge is 0.424 e. The standard InChI is InChI=1S/C16H22N2O2/c1-11(2)18(4)9-8-13-10-17-16-14(13)6-5-7-15(16)20-12(3)19/h5-7,10-11,17H,8-9H2,1-4H3. The Balaban J connectivity index is 2.22. The first-order chi connectivity index (χ1) is 9.49. The van der Waals surface area contributed by atoms with E-state index < -0.39 is 0 Å². The Bertz CT molecular complexity index is 602. The zero-order valence-electron chi connectivity index (χ0n) is 12.6. The van der Waals surface area contributed by atoms with Gasteiger partial charge in [-0.25, -0.2) is 0 Å². The molecule has 0 aliphatic heterocycles. The molecule has 0 aliphatic carbocycles. The van der Waals surface area contributed by atoms with Crippen molar-refractivity contribution in [3.63, 3.8) is 0 Å². The van der Waals surface area contributed by atoms with Gasteiger partial charge < -0.3 is 14.6 Å². The van der Waals surface area contributed by atoms with E-state index in [4.69, 9.17) is 4.74 Å². The van der Waals surface area contributed by atoms with Crippen LogP contribution in [-0.2, 0) is 11.2 Å². The van der Waals surface area contributed by atoms with E-state index in [2.05, 4.69) is 36.8 Å². The van der Waals surface area contributed by atoms with Gasteiger partial charge in [0, 0.05) is 31.1 Å². The maximum Gasteiger partial charge on any atom is 0.308 e. The number of hydrogen-bond donors (Lipinski definition) is 1. The minimum absolute atomic E-state index is 0.298. The molecule has 20 heavy (non-hydrogen) atoms. The quantitative estimate of drug-likeness (QED) is 0.673. The number of aromatic nitrogens is 1. The highest BCUT2D eigenvalue weighted by molar-refractivity contribution is 5.90. The van der Waals surface area contributed by atoms with Gasteiger partial charge in [0.1, 0.15) is 0 Å². The number of rotatable bonds is 5.